The van der Waals surface area contributed by atoms with E-state index in [2.05, 4.69) is 11.8 Å². The number of carbonyl (C=O) groups excluding carboxylic acids is 1. The Balaban J connectivity index is 2.63. The highest BCUT2D eigenvalue weighted by atomic mass is 32.2. The number of piperazine rings is 1. The Hall–Kier alpha value is -0.660. The summed E-state index contributed by atoms with van der Waals surface area (Å²) in [5.74, 6) is -0.0912. The lowest BCUT2D eigenvalue weighted by molar-refractivity contribution is -0.133. The smallest absolute Gasteiger partial charge is 0.237 e. The van der Waals surface area contributed by atoms with Crippen LogP contribution in [0.1, 0.15) is 27.2 Å². The van der Waals surface area contributed by atoms with Gasteiger partial charge in [-0.05, 0) is 19.9 Å². The van der Waals surface area contributed by atoms with Crippen LogP contribution in [-0.4, -0.2) is 80.0 Å². The predicted octanol–water partition coefficient (Wildman–Crippen LogP) is 0.211. The molecule has 0 aliphatic carbocycles. The number of nitrogens with zero attached hydrogens (tertiary/aromatic N) is 3. The van der Waals surface area contributed by atoms with Gasteiger partial charge in [-0.2, -0.15) is 4.31 Å². The maximum atomic E-state index is 12.3. The van der Waals surface area contributed by atoms with E-state index in [4.69, 9.17) is 0 Å². The van der Waals surface area contributed by atoms with Crippen molar-refractivity contribution >= 4 is 15.9 Å². The van der Waals surface area contributed by atoms with Crippen molar-refractivity contribution in [1.82, 2.24) is 14.1 Å². The van der Waals surface area contributed by atoms with Gasteiger partial charge in [0, 0.05) is 32.2 Å². The Morgan fingerprint density at radius 1 is 1.20 bits per heavy atom. The number of sulfonamides is 1. The lowest BCUT2D eigenvalue weighted by Crippen LogP contribution is -2.52. The molecule has 1 atom stereocenters. The molecule has 7 heteroatoms. The molecule has 1 saturated heterocycles. The van der Waals surface area contributed by atoms with Gasteiger partial charge in [0.15, 0.2) is 0 Å². The average Bonchev–Trinajstić information content (AvgIpc) is 2.42. The zero-order valence-corrected chi connectivity index (χ0v) is 13.8. The largest absolute Gasteiger partial charge is 0.339 e. The molecular weight excluding hydrogens is 278 g/mol. The summed E-state index contributed by atoms with van der Waals surface area (Å²) in [6.45, 7) is 9.91. The standard InChI is InChI=1S/C13H27N3O3S/c1-5-12(3)16(20(4,18)19)11-13(17)15-9-7-14(6-2)8-10-15/h12H,5-11H2,1-4H3. The lowest BCUT2D eigenvalue weighted by atomic mass is 10.2. The van der Waals surface area contributed by atoms with Crippen molar-refractivity contribution < 1.29 is 13.2 Å². The SMILES string of the molecule is CCC(C)N(CC(=O)N1CCN(CC)CC1)S(C)(=O)=O. The Morgan fingerprint density at radius 2 is 1.75 bits per heavy atom. The number of likely N-dealkylation sites (N-methyl/N-ethyl adjacent to an activating group) is 1. The van der Waals surface area contributed by atoms with Gasteiger partial charge in [0.05, 0.1) is 12.8 Å². The second kappa shape index (κ2) is 7.38. The third kappa shape index (κ3) is 4.71. The normalized spacial score (nSPS) is 19.4. The molecule has 1 aliphatic heterocycles. The molecule has 118 valence electrons. The van der Waals surface area contributed by atoms with Crippen molar-refractivity contribution in [2.45, 2.75) is 33.2 Å². The summed E-state index contributed by atoms with van der Waals surface area (Å²) in [7, 11) is -3.35. The molecule has 1 amide bonds. The average molecular weight is 305 g/mol. The Kier molecular flexibility index (Phi) is 6.42. The first-order chi connectivity index (χ1) is 9.29. The molecule has 1 fully saturated rings. The predicted molar refractivity (Wildman–Crippen MR) is 80.0 cm³/mol. The summed E-state index contributed by atoms with van der Waals surface area (Å²) in [4.78, 5) is 16.3. The van der Waals surface area contributed by atoms with Crippen molar-refractivity contribution in [2.75, 3.05) is 45.5 Å². The summed E-state index contributed by atoms with van der Waals surface area (Å²) in [5.41, 5.74) is 0. The van der Waals surface area contributed by atoms with E-state index >= 15 is 0 Å². The Labute approximate surface area is 122 Å². The fourth-order valence-electron chi connectivity index (χ4n) is 2.35. The molecule has 1 aliphatic rings. The minimum absolute atomic E-state index is 0.0417. The number of hydrogen-bond acceptors (Lipinski definition) is 4. The van der Waals surface area contributed by atoms with E-state index in [9.17, 15) is 13.2 Å². The molecule has 0 bridgehead atoms. The lowest BCUT2D eigenvalue weighted by Gasteiger charge is -2.35. The summed E-state index contributed by atoms with van der Waals surface area (Å²) in [6, 6.07) is -0.147. The van der Waals surface area contributed by atoms with Gasteiger partial charge in [0.2, 0.25) is 15.9 Å². The number of carbonyl (C=O) groups is 1. The van der Waals surface area contributed by atoms with Gasteiger partial charge in [-0.25, -0.2) is 8.42 Å². The van der Waals surface area contributed by atoms with Gasteiger partial charge in [-0.1, -0.05) is 13.8 Å². The van der Waals surface area contributed by atoms with Gasteiger partial charge in [-0.3, -0.25) is 4.79 Å². The van der Waals surface area contributed by atoms with Crippen LogP contribution in [0.2, 0.25) is 0 Å². The zero-order chi connectivity index (χ0) is 15.3. The Bertz CT molecular complexity index is 417. The summed E-state index contributed by atoms with van der Waals surface area (Å²) in [5, 5.41) is 0. The van der Waals surface area contributed by atoms with Crippen molar-refractivity contribution in [2.24, 2.45) is 0 Å². The second-order valence-electron chi connectivity index (χ2n) is 5.38. The number of hydrogen-bond donors (Lipinski definition) is 0. The van der Waals surface area contributed by atoms with Crippen LogP contribution in [0.5, 0.6) is 0 Å². The first-order valence-corrected chi connectivity index (χ1v) is 9.11. The fraction of sp³-hybridized carbons (Fsp3) is 0.923. The molecule has 0 aromatic carbocycles. The molecular formula is C13H27N3O3S. The van der Waals surface area contributed by atoms with Gasteiger partial charge in [-0.15, -0.1) is 0 Å². The maximum Gasteiger partial charge on any atom is 0.237 e. The van der Waals surface area contributed by atoms with Crippen LogP contribution in [0, 0.1) is 0 Å². The maximum absolute atomic E-state index is 12.3. The van der Waals surface area contributed by atoms with E-state index in [0.717, 1.165) is 19.6 Å². The first kappa shape index (κ1) is 17.4. The third-order valence-corrected chi connectivity index (χ3v) is 5.31. The molecule has 0 aromatic rings. The monoisotopic (exact) mass is 305 g/mol. The van der Waals surface area contributed by atoms with E-state index in [1.54, 1.807) is 4.90 Å². The molecule has 20 heavy (non-hydrogen) atoms. The number of amides is 1. The summed E-state index contributed by atoms with van der Waals surface area (Å²) >= 11 is 0. The molecule has 0 N–H and O–H groups in total. The van der Waals surface area contributed by atoms with Crippen molar-refractivity contribution in [3.05, 3.63) is 0 Å². The summed E-state index contributed by atoms with van der Waals surface area (Å²) < 4.78 is 24.9. The fourth-order valence-corrected chi connectivity index (χ4v) is 3.50. The molecule has 0 radical (unpaired) electrons. The molecule has 6 nitrogen and oxygen atoms in total. The molecule has 1 unspecified atom stereocenters. The van der Waals surface area contributed by atoms with Crippen LogP contribution in [0.15, 0.2) is 0 Å². The van der Waals surface area contributed by atoms with Crippen LogP contribution in [0.25, 0.3) is 0 Å². The van der Waals surface area contributed by atoms with Crippen LogP contribution < -0.4 is 0 Å². The molecule has 0 aromatic heterocycles. The van der Waals surface area contributed by atoms with E-state index in [1.165, 1.54) is 10.6 Å². The highest BCUT2D eigenvalue weighted by Crippen LogP contribution is 2.10. The highest BCUT2D eigenvalue weighted by Gasteiger charge is 2.28. The van der Waals surface area contributed by atoms with Gasteiger partial charge in [0.1, 0.15) is 0 Å². The van der Waals surface area contributed by atoms with Crippen molar-refractivity contribution in [3.63, 3.8) is 0 Å². The van der Waals surface area contributed by atoms with Crippen molar-refractivity contribution in [3.8, 4) is 0 Å². The molecule has 1 heterocycles. The van der Waals surface area contributed by atoms with E-state index in [1.807, 2.05) is 13.8 Å². The highest BCUT2D eigenvalue weighted by molar-refractivity contribution is 7.88. The van der Waals surface area contributed by atoms with Crippen LogP contribution >= 0.6 is 0 Å². The van der Waals surface area contributed by atoms with Crippen LogP contribution in [-0.2, 0) is 14.8 Å². The van der Waals surface area contributed by atoms with E-state index in [-0.39, 0.29) is 18.5 Å². The van der Waals surface area contributed by atoms with E-state index in [0.29, 0.717) is 19.5 Å². The second-order valence-corrected chi connectivity index (χ2v) is 7.32. The minimum Gasteiger partial charge on any atom is -0.339 e. The van der Waals surface area contributed by atoms with Crippen molar-refractivity contribution in [1.29, 1.82) is 0 Å². The molecule has 0 saturated carbocycles. The molecule has 0 spiro atoms. The van der Waals surface area contributed by atoms with Gasteiger partial charge < -0.3 is 9.80 Å². The Morgan fingerprint density at radius 3 is 2.15 bits per heavy atom. The first-order valence-electron chi connectivity index (χ1n) is 7.26. The third-order valence-electron chi connectivity index (χ3n) is 3.97. The van der Waals surface area contributed by atoms with Gasteiger partial charge >= 0.3 is 0 Å². The van der Waals surface area contributed by atoms with Gasteiger partial charge in [0.25, 0.3) is 0 Å². The van der Waals surface area contributed by atoms with E-state index < -0.39 is 10.0 Å². The molecule has 1 rings (SSSR count). The minimum atomic E-state index is -3.35. The zero-order valence-electron chi connectivity index (χ0n) is 13.0. The summed E-state index contributed by atoms with van der Waals surface area (Å²) in [6.07, 6.45) is 1.87. The van der Waals surface area contributed by atoms with Crippen LogP contribution in [0.3, 0.4) is 0 Å². The topological polar surface area (TPSA) is 60.9 Å². The van der Waals surface area contributed by atoms with Crippen LogP contribution in [0.4, 0.5) is 0 Å². The number of rotatable bonds is 6. The quantitative estimate of drug-likeness (QED) is 0.704.